The van der Waals surface area contributed by atoms with Crippen LogP contribution in [0, 0.1) is 5.82 Å². The maximum absolute atomic E-state index is 13.1. The Bertz CT molecular complexity index is 1360. The van der Waals surface area contributed by atoms with Crippen LogP contribution in [0.3, 0.4) is 0 Å². The number of aryl methyl sites for hydroxylation is 1. The van der Waals surface area contributed by atoms with Crippen LogP contribution in [0.15, 0.2) is 72.8 Å². The third-order valence-electron chi connectivity index (χ3n) is 6.03. The van der Waals surface area contributed by atoms with Gasteiger partial charge in [-0.3, -0.25) is 14.7 Å². The fourth-order valence-corrected chi connectivity index (χ4v) is 4.25. The molecule has 4 aromatic rings. The van der Waals surface area contributed by atoms with Crippen molar-refractivity contribution in [3.8, 4) is 22.4 Å². The van der Waals surface area contributed by atoms with Gasteiger partial charge < -0.3 is 4.90 Å². The number of nitrogens with zero attached hydrogens (tertiary/aromatic N) is 2. The molecule has 1 heterocycles. The van der Waals surface area contributed by atoms with E-state index in [-0.39, 0.29) is 17.5 Å². The van der Waals surface area contributed by atoms with E-state index in [1.807, 2.05) is 36.4 Å². The molecule has 5 nitrogen and oxygen atoms in total. The fourth-order valence-electron chi connectivity index (χ4n) is 4.25. The molecular formula is C27H22FN3O2. The molecule has 1 N–H and O–H groups in total. The van der Waals surface area contributed by atoms with E-state index in [1.165, 1.54) is 12.1 Å². The lowest BCUT2D eigenvalue weighted by atomic mass is 10.0. The van der Waals surface area contributed by atoms with Crippen LogP contribution in [-0.4, -0.2) is 40.4 Å². The van der Waals surface area contributed by atoms with Crippen molar-refractivity contribution in [2.45, 2.75) is 12.8 Å². The Labute approximate surface area is 190 Å². The molecule has 0 atom stereocenters. The summed E-state index contributed by atoms with van der Waals surface area (Å²) in [5.74, 6) is -0.424. The summed E-state index contributed by atoms with van der Waals surface area (Å²) < 4.78 is 13.1. The topological polar surface area (TPSA) is 66.1 Å². The molecule has 1 amide bonds. The lowest BCUT2D eigenvalue weighted by molar-refractivity contribution is 0.0793. The molecule has 1 aromatic heterocycles. The second-order valence-electron chi connectivity index (χ2n) is 8.25. The van der Waals surface area contributed by atoms with E-state index in [0.29, 0.717) is 23.2 Å². The van der Waals surface area contributed by atoms with E-state index >= 15 is 0 Å². The van der Waals surface area contributed by atoms with Gasteiger partial charge in [-0.1, -0.05) is 30.3 Å². The van der Waals surface area contributed by atoms with E-state index in [2.05, 4.69) is 10.2 Å². The molecule has 0 fully saturated rings. The number of carbonyl (C=O) groups excluding carboxylic acids is 2. The van der Waals surface area contributed by atoms with Gasteiger partial charge in [0.2, 0.25) is 0 Å². The van der Waals surface area contributed by atoms with Crippen LogP contribution < -0.4 is 0 Å². The van der Waals surface area contributed by atoms with Crippen LogP contribution in [-0.2, 0) is 6.42 Å². The summed E-state index contributed by atoms with van der Waals surface area (Å²) in [7, 11) is 1.77. The summed E-state index contributed by atoms with van der Waals surface area (Å²) in [6.45, 7) is 0.564. The largest absolute Gasteiger partial charge is 0.342 e. The van der Waals surface area contributed by atoms with Gasteiger partial charge in [0.15, 0.2) is 5.78 Å². The van der Waals surface area contributed by atoms with Crippen molar-refractivity contribution < 1.29 is 14.0 Å². The summed E-state index contributed by atoms with van der Waals surface area (Å²) in [5.41, 5.74) is 6.15. The number of benzene rings is 3. The van der Waals surface area contributed by atoms with Crippen molar-refractivity contribution in [3.05, 3.63) is 101 Å². The minimum absolute atomic E-state index is 0.0332. The first-order valence-electron chi connectivity index (χ1n) is 10.8. The zero-order valence-electron chi connectivity index (χ0n) is 18.1. The Kier molecular flexibility index (Phi) is 5.34. The van der Waals surface area contributed by atoms with Crippen molar-refractivity contribution in [2.24, 2.45) is 0 Å². The summed E-state index contributed by atoms with van der Waals surface area (Å²) in [4.78, 5) is 27.3. The molecule has 1 aliphatic carbocycles. The number of hydrogen-bond donors (Lipinski definition) is 1. The normalized spacial score (nSPS) is 11.9. The predicted octanol–water partition coefficient (Wildman–Crippen LogP) is 5.13. The van der Waals surface area contributed by atoms with Gasteiger partial charge in [0.05, 0.1) is 5.69 Å². The minimum atomic E-state index is -0.278. The number of aromatic nitrogens is 2. The summed E-state index contributed by atoms with van der Waals surface area (Å²) >= 11 is 0. The zero-order valence-corrected chi connectivity index (χ0v) is 18.1. The fraction of sp³-hybridized carbons (Fsp3) is 0.148. The van der Waals surface area contributed by atoms with Crippen LogP contribution in [0.1, 0.15) is 38.4 Å². The highest BCUT2D eigenvalue weighted by Crippen LogP contribution is 2.36. The quantitative estimate of drug-likeness (QED) is 0.399. The molecule has 0 unspecified atom stereocenters. The molecule has 0 bridgehead atoms. The van der Waals surface area contributed by atoms with Gasteiger partial charge in [-0.05, 0) is 66.4 Å². The number of rotatable bonds is 6. The first-order chi connectivity index (χ1) is 16.0. The number of amides is 1. The number of aromatic amines is 1. The monoisotopic (exact) mass is 439 g/mol. The molecule has 164 valence electrons. The zero-order chi connectivity index (χ0) is 22.9. The predicted molar refractivity (Wildman–Crippen MR) is 125 cm³/mol. The van der Waals surface area contributed by atoms with Gasteiger partial charge in [0, 0.05) is 41.5 Å². The SMILES string of the molecule is CN(CCCc1cc(-c2ccc(F)cc2)n[nH]1)C(=O)c1ccc2c(c1)C(=O)c1ccccc1-2. The second-order valence-corrected chi connectivity index (χ2v) is 8.25. The molecule has 0 saturated carbocycles. The number of carbonyl (C=O) groups is 2. The number of fused-ring (bicyclic) bond motifs is 3. The van der Waals surface area contributed by atoms with Gasteiger partial charge in [-0.15, -0.1) is 0 Å². The number of nitrogens with one attached hydrogen (secondary N) is 1. The van der Waals surface area contributed by atoms with Crippen molar-refractivity contribution in [3.63, 3.8) is 0 Å². The first kappa shape index (κ1) is 20.8. The molecule has 0 saturated heterocycles. The minimum Gasteiger partial charge on any atom is -0.342 e. The highest BCUT2D eigenvalue weighted by atomic mass is 19.1. The number of ketones is 1. The van der Waals surface area contributed by atoms with E-state index in [1.54, 1.807) is 36.2 Å². The third kappa shape index (κ3) is 3.96. The highest BCUT2D eigenvalue weighted by Gasteiger charge is 2.27. The molecule has 0 radical (unpaired) electrons. The van der Waals surface area contributed by atoms with Crippen molar-refractivity contribution >= 4 is 11.7 Å². The van der Waals surface area contributed by atoms with Gasteiger partial charge >= 0.3 is 0 Å². The van der Waals surface area contributed by atoms with Crippen LogP contribution >= 0.6 is 0 Å². The summed E-state index contributed by atoms with van der Waals surface area (Å²) in [6.07, 6.45) is 1.48. The molecule has 0 spiro atoms. The average Bonchev–Trinajstić information content (AvgIpc) is 3.42. The first-order valence-corrected chi connectivity index (χ1v) is 10.8. The van der Waals surface area contributed by atoms with Gasteiger partial charge in [-0.25, -0.2) is 4.39 Å². The summed E-state index contributed by atoms with van der Waals surface area (Å²) in [6, 6.07) is 21.0. The van der Waals surface area contributed by atoms with Crippen LogP contribution in [0.2, 0.25) is 0 Å². The van der Waals surface area contributed by atoms with Gasteiger partial charge in [0.1, 0.15) is 5.82 Å². The summed E-state index contributed by atoms with van der Waals surface area (Å²) in [5, 5.41) is 7.30. The van der Waals surface area contributed by atoms with Crippen molar-refractivity contribution in [1.82, 2.24) is 15.1 Å². The maximum atomic E-state index is 13.1. The Morgan fingerprint density at radius 1 is 0.939 bits per heavy atom. The molecule has 6 heteroatoms. The van der Waals surface area contributed by atoms with Crippen molar-refractivity contribution in [1.29, 1.82) is 0 Å². The Balaban J connectivity index is 1.21. The number of halogens is 1. The molecule has 5 rings (SSSR count). The van der Waals surface area contributed by atoms with Crippen LogP contribution in [0.5, 0.6) is 0 Å². The highest BCUT2D eigenvalue weighted by molar-refractivity contribution is 6.22. The van der Waals surface area contributed by atoms with E-state index in [0.717, 1.165) is 40.9 Å². The third-order valence-corrected chi connectivity index (χ3v) is 6.03. The molecular weight excluding hydrogens is 417 g/mol. The average molecular weight is 439 g/mol. The standard InChI is InChI=1S/C27H22FN3O2/c1-31(14-4-5-20-16-25(30-29-20)17-8-11-19(28)12-9-17)27(33)18-10-13-22-21-6-2-3-7-23(21)26(32)24(22)15-18/h2-3,6-13,15-16H,4-5,14H2,1H3,(H,29,30). The molecule has 1 aliphatic rings. The van der Waals surface area contributed by atoms with E-state index < -0.39 is 0 Å². The van der Waals surface area contributed by atoms with E-state index in [9.17, 15) is 14.0 Å². The van der Waals surface area contributed by atoms with Gasteiger partial charge in [-0.2, -0.15) is 5.10 Å². The molecule has 3 aromatic carbocycles. The number of hydrogen-bond acceptors (Lipinski definition) is 3. The lowest BCUT2D eigenvalue weighted by Gasteiger charge is -2.17. The van der Waals surface area contributed by atoms with Crippen molar-refractivity contribution in [2.75, 3.05) is 13.6 Å². The maximum Gasteiger partial charge on any atom is 0.253 e. The molecule has 33 heavy (non-hydrogen) atoms. The Morgan fingerprint density at radius 3 is 2.45 bits per heavy atom. The lowest BCUT2D eigenvalue weighted by Crippen LogP contribution is -2.28. The van der Waals surface area contributed by atoms with Crippen LogP contribution in [0.4, 0.5) is 4.39 Å². The number of H-pyrrole nitrogens is 1. The van der Waals surface area contributed by atoms with Gasteiger partial charge in [0.25, 0.3) is 5.91 Å². The second kappa shape index (κ2) is 8.47. The van der Waals surface area contributed by atoms with E-state index in [4.69, 9.17) is 0 Å². The Morgan fingerprint density at radius 2 is 1.67 bits per heavy atom. The Hall–Kier alpha value is -4.06. The molecule has 0 aliphatic heterocycles. The van der Waals surface area contributed by atoms with Crippen LogP contribution in [0.25, 0.3) is 22.4 Å². The smallest absolute Gasteiger partial charge is 0.253 e.